The first-order valence-corrected chi connectivity index (χ1v) is 5.60. The third-order valence-electron chi connectivity index (χ3n) is 2.72. The van der Waals surface area contributed by atoms with Crippen molar-refractivity contribution >= 4 is 5.91 Å². The van der Waals surface area contributed by atoms with Crippen molar-refractivity contribution in [1.29, 1.82) is 0 Å². The van der Waals surface area contributed by atoms with E-state index >= 15 is 0 Å². The largest absolute Gasteiger partial charge is 0.393 e. The molecule has 0 aliphatic heterocycles. The number of hydrogen-bond acceptors (Lipinski definition) is 3. The average Bonchev–Trinajstić information content (AvgIpc) is 2.23. The van der Waals surface area contributed by atoms with Crippen LogP contribution in [0.25, 0.3) is 0 Å². The SMILES string of the molecule is CCC(O)(CC)CNC(=O)CCC(C)O. The lowest BCUT2D eigenvalue weighted by Gasteiger charge is -2.25. The molecule has 0 aromatic heterocycles. The molecule has 0 radical (unpaired) electrons. The molecular formula is C11H23NO3. The van der Waals surface area contributed by atoms with Crippen molar-refractivity contribution in [3.63, 3.8) is 0 Å². The second-order valence-corrected chi connectivity index (χ2v) is 4.10. The summed E-state index contributed by atoms with van der Waals surface area (Å²) in [6.45, 7) is 5.73. The summed E-state index contributed by atoms with van der Waals surface area (Å²) in [5.74, 6) is -0.115. The van der Waals surface area contributed by atoms with E-state index in [0.29, 0.717) is 32.2 Å². The maximum absolute atomic E-state index is 11.3. The van der Waals surface area contributed by atoms with E-state index in [-0.39, 0.29) is 5.91 Å². The third kappa shape index (κ3) is 6.47. The molecule has 3 N–H and O–H groups in total. The zero-order valence-corrected chi connectivity index (χ0v) is 9.92. The van der Waals surface area contributed by atoms with Crippen LogP contribution in [0, 0.1) is 0 Å². The highest BCUT2D eigenvalue weighted by atomic mass is 16.3. The molecule has 0 spiro atoms. The van der Waals surface area contributed by atoms with Gasteiger partial charge < -0.3 is 15.5 Å². The molecule has 0 bridgehead atoms. The quantitative estimate of drug-likeness (QED) is 0.591. The van der Waals surface area contributed by atoms with Gasteiger partial charge in [-0.05, 0) is 26.2 Å². The van der Waals surface area contributed by atoms with E-state index in [9.17, 15) is 9.90 Å². The number of aliphatic hydroxyl groups is 2. The number of aliphatic hydroxyl groups excluding tert-OH is 1. The van der Waals surface area contributed by atoms with Gasteiger partial charge in [-0.3, -0.25) is 4.79 Å². The van der Waals surface area contributed by atoms with E-state index in [1.165, 1.54) is 0 Å². The molecule has 0 aromatic rings. The van der Waals surface area contributed by atoms with Crippen molar-refractivity contribution in [2.24, 2.45) is 0 Å². The summed E-state index contributed by atoms with van der Waals surface area (Å²) in [5.41, 5.74) is -0.791. The van der Waals surface area contributed by atoms with Gasteiger partial charge in [-0.1, -0.05) is 13.8 Å². The van der Waals surface area contributed by atoms with Crippen molar-refractivity contribution in [1.82, 2.24) is 5.32 Å². The van der Waals surface area contributed by atoms with Gasteiger partial charge in [0.05, 0.1) is 11.7 Å². The number of hydrogen-bond donors (Lipinski definition) is 3. The fourth-order valence-electron chi connectivity index (χ4n) is 1.19. The monoisotopic (exact) mass is 217 g/mol. The Balaban J connectivity index is 3.79. The summed E-state index contributed by atoms with van der Waals surface area (Å²) < 4.78 is 0. The van der Waals surface area contributed by atoms with Crippen molar-refractivity contribution in [3.05, 3.63) is 0 Å². The van der Waals surface area contributed by atoms with E-state index in [1.807, 2.05) is 13.8 Å². The summed E-state index contributed by atoms with van der Waals surface area (Å²) >= 11 is 0. The molecule has 1 unspecified atom stereocenters. The Hall–Kier alpha value is -0.610. The molecule has 0 saturated carbocycles. The molecule has 1 atom stereocenters. The minimum absolute atomic E-state index is 0.115. The van der Waals surface area contributed by atoms with Crippen LogP contribution in [-0.2, 0) is 4.79 Å². The molecule has 0 heterocycles. The van der Waals surface area contributed by atoms with E-state index in [2.05, 4.69) is 5.32 Å². The highest BCUT2D eigenvalue weighted by Crippen LogP contribution is 2.12. The lowest BCUT2D eigenvalue weighted by atomic mass is 9.97. The van der Waals surface area contributed by atoms with Crippen molar-refractivity contribution < 1.29 is 15.0 Å². The topological polar surface area (TPSA) is 69.6 Å². The van der Waals surface area contributed by atoms with E-state index in [4.69, 9.17) is 5.11 Å². The van der Waals surface area contributed by atoms with Crippen LogP contribution < -0.4 is 5.32 Å². The maximum Gasteiger partial charge on any atom is 0.220 e. The Morgan fingerprint density at radius 3 is 2.33 bits per heavy atom. The Kier molecular flexibility index (Phi) is 6.52. The first kappa shape index (κ1) is 14.4. The Bertz CT molecular complexity index is 188. The molecule has 0 aliphatic carbocycles. The highest BCUT2D eigenvalue weighted by Gasteiger charge is 2.22. The van der Waals surface area contributed by atoms with Crippen molar-refractivity contribution in [3.8, 4) is 0 Å². The molecule has 15 heavy (non-hydrogen) atoms. The molecule has 4 nitrogen and oxygen atoms in total. The van der Waals surface area contributed by atoms with Crippen molar-refractivity contribution in [2.45, 2.75) is 58.2 Å². The molecule has 0 aromatic carbocycles. The Morgan fingerprint density at radius 1 is 1.40 bits per heavy atom. The van der Waals surface area contributed by atoms with Gasteiger partial charge in [0.1, 0.15) is 0 Å². The summed E-state index contributed by atoms with van der Waals surface area (Å²) in [6, 6.07) is 0. The van der Waals surface area contributed by atoms with Crippen LogP contribution in [0.15, 0.2) is 0 Å². The Labute approximate surface area is 91.7 Å². The molecular weight excluding hydrogens is 194 g/mol. The van der Waals surface area contributed by atoms with E-state index in [1.54, 1.807) is 6.92 Å². The summed E-state index contributed by atoms with van der Waals surface area (Å²) in [7, 11) is 0. The second-order valence-electron chi connectivity index (χ2n) is 4.10. The average molecular weight is 217 g/mol. The standard InChI is InChI=1S/C11H23NO3/c1-4-11(15,5-2)8-12-10(14)7-6-9(3)13/h9,13,15H,4-8H2,1-3H3,(H,12,14). The number of carbonyl (C=O) groups excluding carboxylic acids is 1. The molecule has 90 valence electrons. The van der Waals surface area contributed by atoms with Crippen LogP contribution in [0.4, 0.5) is 0 Å². The van der Waals surface area contributed by atoms with Crippen LogP contribution in [0.5, 0.6) is 0 Å². The number of carbonyl (C=O) groups is 1. The highest BCUT2D eigenvalue weighted by molar-refractivity contribution is 5.75. The normalized spacial score (nSPS) is 13.7. The van der Waals surface area contributed by atoms with E-state index in [0.717, 1.165) is 0 Å². The summed E-state index contributed by atoms with van der Waals surface area (Å²) in [6.07, 6.45) is 1.57. The zero-order valence-electron chi connectivity index (χ0n) is 9.92. The van der Waals surface area contributed by atoms with E-state index < -0.39 is 11.7 Å². The zero-order chi connectivity index (χ0) is 11.9. The van der Waals surface area contributed by atoms with Gasteiger partial charge in [-0.15, -0.1) is 0 Å². The minimum Gasteiger partial charge on any atom is -0.393 e. The lowest BCUT2D eigenvalue weighted by molar-refractivity contribution is -0.123. The smallest absolute Gasteiger partial charge is 0.220 e. The van der Waals surface area contributed by atoms with Crippen LogP contribution in [-0.4, -0.2) is 34.4 Å². The van der Waals surface area contributed by atoms with Crippen LogP contribution in [0.2, 0.25) is 0 Å². The third-order valence-corrected chi connectivity index (χ3v) is 2.72. The second kappa shape index (κ2) is 6.80. The van der Waals surface area contributed by atoms with Gasteiger partial charge in [-0.2, -0.15) is 0 Å². The fourth-order valence-corrected chi connectivity index (χ4v) is 1.19. The number of amides is 1. The summed E-state index contributed by atoms with van der Waals surface area (Å²) in [4.78, 5) is 11.3. The Morgan fingerprint density at radius 2 is 1.93 bits per heavy atom. The first-order chi connectivity index (χ1) is 6.93. The van der Waals surface area contributed by atoms with Gasteiger partial charge in [0.2, 0.25) is 5.91 Å². The van der Waals surface area contributed by atoms with Gasteiger partial charge in [0, 0.05) is 13.0 Å². The van der Waals surface area contributed by atoms with Gasteiger partial charge >= 0.3 is 0 Å². The first-order valence-electron chi connectivity index (χ1n) is 5.60. The molecule has 0 fully saturated rings. The maximum atomic E-state index is 11.3. The van der Waals surface area contributed by atoms with Gasteiger partial charge in [0.15, 0.2) is 0 Å². The van der Waals surface area contributed by atoms with Crippen LogP contribution in [0.3, 0.4) is 0 Å². The van der Waals surface area contributed by atoms with Crippen LogP contribution >= 0.6 is 0 Å². The predicted octanol–water partition coefficient (Wildman–Crippen LogP) is 0.815. The summed E-state index contributed by atoms with van der Waals surface area (Å²) in [5, 5.41) is 21.6. The van der Waals surface area contributed by atoms with Gasteiger partial charge in [-0.25, -0.2) is 0 Å². The molecule has 0 saturated heterocycles. The number of rotatable bonds is 7. The number of nitrogens with one attached hydrogen (secondary N) is 1. The van der Waals surface area contributed by atoms with Crippen molar-refractivity contribution in [2.75, 3.05) is 6.54 Å². The fraction of sp³-hybridized carbons (Fsp3) is 0.909. The minimum atomic E-state index is -0.791. The molecule has 0 rings (SSSR count). The molecule has 4 heteroatoms. The predicted molar refractivity (Wildman–Crippen MR) is 59.5 cm³/mol. The van der Waals surface area contributed by atoms with Gasteiger partial charge in [0.25, 0.3) is 0 Å². The molecule has 0 aliphatic rings. The molecule has 1 amide bonds. The van der Waals surface area contributed by atoms with Crippen LogP contribution in [0.1, 0.15) is 46.5 Å². The lowest BCUT2D eigenvalue weighted by Crippen LogP contribution is -2.42.